The normalized spacial score (nSPS) is 9.00. The quantitative estimate of drug-likeness (QED) is 0.620. The predicted molar refractivity (Wildman–Crippen MR) is 40.6 cm³/mol. The van der Waals surface area contributed by atoms with E-state index in [1.165, 1.54) is 4.57 Å². The van der Waals surface area contributed by atoms with Crippen LogP contribution in [0, 0.1) is 29.6 Å². The maximum absolute atomic E-state index is 8.66. The molecule has 0 aliphatic rings. The van der Waals surface area contributed by atoms with Crippen LogP contribution in [0.25, 0.3) is 0 Å². The van der Waals surface area contributed by atoms with Gasteiger partial charge in [0.05, 0.1) is 6.67 Å². The topological polar surface area (TPSA) is 91.4 Å². The second kappa shape index (κ2) is 3.04. The van der Waals surface area contributed by atoms with Crippen molar-refractivity contribution in [3.05, 3.63) is 17.2 Å². The van der Waals surface area contributed by atoms with Gasteiger partial charge in [-0.15, -0.1) is 0 Å². The summed E-state index contributed by atoms with van der Waals surface area (Å²) >= 11 is 0. The van der Waals surface area contributed by atoms with Crippen LogP contribution >= 0.6 is 0 Å². The van der Waals surface area contributed by atoms with Crippen LogP contribution in [-0.4, -0.2) is 9.55 Å². The summed E-state index contributed by atoms with van der Waals surface area (Å²) in [7, 11) is 0. The molecule has 0 aliphatic carbocycles. The molecule has 60 valence electrons. The molecular weight excluding hydrogens is 154 g/mol. The van der Waals surface area contributed by atoms with Crippen molar-refractivity contribution in [2.45, 2.75) is 13.6 Å². The van der Waals surface area contributed by atoms with E-state index in [1.807, 2.05) is 12.1 Å². The lowest BCUT2D eigenvalue weighted by Crippen LogP contribution is -2.10. The van der Waals surface area contributed by atoms with Gasteiger partial charge in [-0.05, 0) is 6.92 Å². The van der Waals surface area contributed by atoms with E-state index in [0.29, 0.717) is 5.82 Å². The molecule has 5 heteroatoms. The molecule has 0 bridgehead atoms. The van der Waals surface area contributed by atoms with Gasteiger partial charge in [-0.25, -0.2) is 4.98 Å². The molecule has 1 rings (SSSR count). The van der Waals surface area contributed by atoms with E-state index in [1.54, 1.807) is 6.92 Å². The van der Waals surface area contributed by atoms with Crippen LogP contribution in [0.4, 0.5) is 0 Å². The Bertz CT molecular complexity index is 376. The van der Waals surface area contributed by atoms with Crippen molar-refractivity contribution >= 4 is 0 Å². The summed E-state index contributed by atoms with van der Waals surface area (Å²) in [6.07, 6.45) is 0. The van der Waals surface area contributed by atoms with Crippen molar-refractivity contribution in [2.75, 3.05) is 0 Å². The molecule has 0 radical (unpaired) electrons. The van der Waals surface area contributed by atoms with Crippen molar-refractivity contribution in [2.24, 2.45) is 5.73 Å². The van der Waals surface area contributed by atoms with Crippen LogP contribution in [-0.2, 0) is 6.67 Å². The average Bonchev–Trinajstić information content (AvgIpc) is 2.40. The number of imidazole rings is 1. The predicted octanol–water partition coefficient (Wildman–Crippen LogP) is -0.149. The smallest absolute Gasteiger partial charge is 0.177 e. The zero-order valence-electron chi connectivity index (χ0n) is 6.57. The van der Waals surface area contributed by atoms with Gasteiger partial charge in [0.25, 0.3) is 0 Å². The molecule has 0 amide bonds. The molecule has 1 aromatic heterocycles. The number of rotatable bonds is 1. The molecule has 0 atom stereocenters. The number of hydrogen-bond acceptors (Lipinski definition) is 4. The van der Waals surface area contributed by atoms with Gasteiger partial charge in [0.2, 0.25) is 0 Å². The number of aryl methyl sites for hydroxylation is 1. The summed E-state index contributed by atoms with van der Waals surface area (Å²) in [4.78, 5) is 3.87. The molecule has 2 N–H and O–H groups in total. The first-order valence-electron chi connectivity index (χ1n) is 3.32. The lowest BCUT2D eigenvalue weighted by Gasteiger charge is -1.98. The van der Waals surface area contributed by atoms with Crippen LogP contribution in [0.2, 0.25) is 0 Å². The Balaban J connectivity index is 3.41. The fourth-order valence-electron chi connectivity index (χ4n) is 0.979. The van der Waals surface area contributed by atoms with Crippen molar-refractivity contribution in [3.8, 4) is 12.1 Å². The fraction of sp³-hybridized carbons (Fsp3) is 0.286. The minimum absolute atomic E-state index is 0.139. The van der Waals surface area contributed by atoms with Crippen molar-refractivity contribution in [1.82, 2.24) is 9.55 Å². The zero-order chi connectivity index (χ0) is 9.14. The van der Waals surface area contributed by atoms with Gasteiger partial charge in [0, 0.05) is 0 Å². The van der Waals surface area contributed by atoms with Gasteiger partial charge >= 0.3 is 0 Å². The van der Waals surface area contributed by atoms with Crippen LogP contribution in [0.15, 0.2) is 0 Å². The Morgan fingerprint density at radius 2 is 2.17 bits per heavy atom. The SMILES string of the molecule is Cc1nc(C#N)c(C#N)n1CN. The third-order valence-electron chi connectivity index (χ3n) is 1.55. The highest BCUT2D eigenvalue weighted by molar-refractivity contribution is 5.37. The number of aromatic nitrogens is 2. The maximum atomic E-state index is 8.66. The van der Waals surface area contributed by atoms with Gasteiger partial charge in [-0.1, -0.05) is 0 Å². The molecule has 5 nitrogen and oxygen atoms in total. The van der Waals surface area contributed by atoms with Crippen molar-refractivity contribution < 1.29 is 0 Å². The van der Waals surface area contributed by atoms with Crippen molar-refractivity contribution in [3.63, 3.8) is 0 Å². The van der Waals surface area contributed by atoms with Crippen LogP contribution < -0.4 is 5.73 Å². The highest BCUT2D eigenvalue weighted by Crippen LogP contribution is 2.07. The molecular formula is C7H7N5. The van der Waals surface area contributed by atoms with E-state index in [2.05, 4.69) is 4.98 Å². The molecule has 0 saturated heterocycles. The molecule has 0 aromatic carbocycles. The van der Waals surface area contributed by atoms with E-state index >= 15 is 0 Å². The van der Waals surface area contributed by atoms with Crippen LogP contribution in [0.5, 0.6) is 0 Å². The van der Waals surface area contributed by atoms with E-state index in [-0.39, 0.29) is 18.1 Å². The minimum atomic E-state index is 0.139. The van der Waals surface area contributed by atoms with Crippen LogP contribution in [0.1, 0.15) is 17.2 Å². The number of hydrogen-bond donors (Lipinski definition) is 1. The summed E-state index contributed by atoms with van der Waals surface area (Å²) in [5.74, 6) is 0.589. The summed E-state index contributed by atoms with van der Waals surface area (Å²) in [6.45, 7) is 1.87. The average molecular weight is 161 g/mol. The standard InChI is InChI=1S/C7H7N5/c1-5-11-6(2-8)7(3-9)12(5)4-10/h4,10H2,1H3. The van der Waals surface area contributed by atoms with E-state index < -0.39 is 0 Å². The van der Waals surface area contributed by atoms with Crippen molar-refractivity contribution in [1.29, 1.82) is 10.5 Å². The summed E-state index contributed by atoms with van der Waals surface area (Å²) in [5.41, 5.74) is 5.73. The Labute approximate surface area is 69.7 Å². The zero-order valence-corrected chi connectivity index (χ0v) is 6.57. The number of nitrogens with two attached hydrogens (primary N) is 1. The first-order chi connectivity index (χ1) is 5.74. The molecule has 1 heterocycles. The van der Waals surface area contributed by atoms with Gasteiger partial charge in [-0.3, -0.25) is 0 Å². The first kappa shape index (κ1) is 8.25. The van der Waals surface area contributed by atoms with Gasteiger partial charge in [-0.2, -0.15) is 10.5 Å². The number of nitrogens with zero attached hydrogens (tertiary/aromatic N) is 4. The van der Waals surface area contributed by atoms with Gasteiger partial charge < -0.3 is 10.3 Å². The molecule has 0 spiro atoms. The number of nitriles is 2. The van der Waals surface area contributed by atoms with E-state index in [9.17, 15) is 0 Å². The Morgan fingerprint density at radius 3 is 2.58 bits per heavy atom. The Hall–Kier alpha value is -1.85. The maximum Gasteiger partial charge on any atom is 0.177 e. The second-order valence-electron chi connectivity index (χ2n) is 2.19. The van der Waals surface area contributed by atoms with E-state index in [4.69, 9.17) is 16.3 Å². The largest absolute Gasteiger partial charge is 0.314 e. The molecule has 0 saturated carbocycles. The Morgan fingerprint density at radius 1 is 1.50 bits per heavy atom. The molecule has 1 aromatic rings. The highest BCUT2D eigenvalue weighted by atomic mass is 15.1. The highest BCUT2D eigenvalue weighted by Gasteiger charge is 2.11. The molecule has 12 heavy (non-hydrogen) atoms. The third-order valence-corrected chi connectivity index (χ3v) is 1.55. The monoisotopic (exact) mass is 161 g/mol. The lowest BCUT2D eigenvalue weighted by atomic mass is 10.4. The second-order valence-corrected chi connectivity index (χ2v) is 2.19. The van der Waals surface area contributed by atoms with Gasteiger partial charge in [0.1, 0.15) is 18.0 Å². The van der Waals surface area contributed by atoms with E-state index in [0.717, 1.165) is 0 Å². The van der Waals surface area contributed by atoms with Crippen LogP contribution in [0.3, 0.4) is 0 Å². The minimum Gasteiger partial charge on any atom is -0.314 e. The molecule has 0 aliphatic heterocycles. The summed E-state index contributed by atoms with van der Waals surface area (Å²) < 4.78 is 1.50. The summed E-state index contributed by atoms with van der Waals surface area (Å²) in [5, 5.41) is 17.2. The fourth-order valence-corrected chi connectivity index (χ4v) is 0.979. The van der Waals surface area contributed by atoms with Gasteiger partial charge in [0.15, 0.2) is 11.4 Å². The molecule has 0 fully saturated rings. The first-order valence-corrected chi connectivity index (χ1v) is 3.32. The Kier molecular flexibility index (Phi) is 2.09. The lowest BCUT2D eigenvalue weighted by molar-refractivity contribution is 0.695. The summed E-state index contributed by atoms with van der Waals surface area (Å²) in [6, 6.07) is 3.72. The third kappa shape index (κ3) is 1.03. The molecule has 0 unspecified atom stereocenters.